The van der Waals surface area contributed by atoms with Crippen molar-refractivity contribution >= 4 is 17.7 Å². The zero-order valence-electron chi connectivity index (χ0n) is 17.3. The molecule has 1 aliphatic carbocycles. The van der Waals surface area contributed by atoms with E-state index in [1.807, 2.05) is 16.4 Å². The summed E-state index contributed by atoms with van der Waals surface area (Å²) >= 11 is 1.98. The van der Waals surface area contributed by atoms with Crippen LogP contribution in [0.2, 0.25) is 0 Å². The van der Waals surface area contributed by atoms with E-state index in [1.54, 1.807) is 12.7 Å². The van der Waals surface area contributed by atoms with Gasteiger partial charge in [-0.05, 0) is 43.0 Å². The Morgan fingerprint density at radius 3 is 2.67 bits per heavy atom. The van der Waals surface area contributed by atoms with Crippen LogP contribution in [-0.4, -0.2) is 38.6 Å². The van der Waals surface area contributed by atoms with Gasteiger partial charge in [0.2, 0.25) is 0 Å². The Kier molecular flexibility index (Phi) is 6.69. The van der Waals surface area contributed by atoms with Crippen molar-refractivity contribution in [3.63, 3.8) is 0 Å². The van der Waals surface area contributed by atoms with E-state index in [9.17, 15) is 0 Å². The van der Waals surface area contributed by atoms with Crippen LogP contribution in [0.25, 0.3) is 0 Å². The summed E-state index contributed by atoms with van der Waals surface area (Å²) in [5.74, 6) is 0.874. The number of rotatable bonds is 9. The zero-order valence-corrected chi connectivity index (χ0v) is 18.1. The molecule has 4 rings (SSSR count). The highest BCUT2D eigenvalue weighted by molar-refractivity contribution is 8.01. The summed E-state index contributed by atoms with van der Waals surface area (Å²) in [5.41, 5.74) is 2.38. The van der Waals surface area contributed by atoms with Crippen LogP contribution in [0.15, 0.2) is 77.1 Å². The minimum atomic E-state index is 0.287. The lowest BCUT2D eigenvalue weighted by atomic mass is 10.1. The number of aliphatic imine (C=N–C) groups is 1. The highest BCUT2D eigenvalue weighted by Crippen LogP contribution is 2.51. The first-order valence-electron chi connectivity index (χ1n) is 10.4. The molecular formula is C23H28N6S. The summed E-state index contributed by atoms with van der Waals surface area (Å²) < 4.78 is 2.11. The normalized spacial score (nSPS) is 15.0. The lowest BCUT2D eigenvalue weighted by Crippen LogP contribution is -2.41. The van der Waals surface area contributed by atoms with Gasteiger partial charge in [-0.25, -0.2) is 14.7 Å². The van der Waals surface area contributed by atoms with Crippen molar-refractivity contribution in [1.29, 1.82) is 0 Å². The van der Waals surface area contributed by atoms with Crippen LogP contribution in [0.1, 0.15) is 30.9 Å². The molecule has 0 aliphatic heterocycles. The summed E-state index contributed by atoms with van der Waals surface area (Å²) in [7, 11) is 0. The third-order valence-electron chi connectivity index (χ3n) is 5.03. The number of guanidine groups is 1. The Bertz CT molecular complexity index is 951. The maximum absolute atomic E-state index is 4.81. The minimum Gasteiger partial charge on any atom is -0.357 e. The van der Waals surface area contributed by atoms with Gasteiger partial charge in [-0.2, -0.15) is 5.10 Å². The zero-order chi connectivity index (χ0) is 20.7. The molecule has 1 aliphatic rings. The van der Waals surface area contributed by atoms with Crippen molar-refractivity contribution in [2.75, 3.05) is 13.1 Å². The average molecular weight is 421 g/mol. The Hall–Kier alpha value is -2.80. The summed E-state index contributed by atoms with van der Waals surface area (Å²) in [4.78, 5) is 10.2. The molecule has 2 aromatic carbocycles. The summed E-state index contributed by atoms with van der Waals surface area (Å²) in [6, 6.07) is 19.1. The van der Waals surface area contributed by atoms with Gasteiger partial charge in [-0.1, -0.05) is 42.5 Å². The molecule has 0 unspecified atom stereocenters. The van der Waals surface area contributed by atoms with Crippen molar-refractivity contribution in [3.05, 3.63) is 78.4 Å². The van der Waals surface area contributed by atoms with Gasteiger partial charge < -0.3 is 10.6 Å². The van der Waals surface area contributed by atoms with E-state index < -0.39 is 0 Å². The van der Waals surface area contributed by atoms with Crippen LogP contribution in [0.4, 0.5) is 0 Å². The van der Waals surface area contributed by atoms with Gasteiger partial charge in [-0.15, -0.1) is 11.8 Å². The summed E-state index contributed by atoms with van der Waals surface area (Å²) in [6.45, 7) is 5.22. The van der Waals surface area contributed by atoms with E-state index in [0.717, 1.165) is 25.6 Å². The van der Waals surface area contributed by atoms with E-state index in [2.05, 4.69) is 82.2 Å². The van der Waals surface area contributed by atoms with E-state index in [1.165, 1.54) is 28.9 Å². The molecule has 156 valence electrons. The fourth-order valence-electron chi connectivity index (χ4n) is 3.28. The molecule has 0 bridgehead atoms. The van der Waals surface area contributed by atoms with Gasteiger partial charge in [0.1, 0.15) is 12.7 Å². The topological polar surface area (TPSA) is 67.1 Å². The molecular weight excluding hydrogens is 392 g/mol. The molecule has 0 atom stereocenters. The van der Waals surface area contributed by atoms with Crippen molar-refractivity contribution in [3.8, 4) is 0 Å². The third kappa shape index (κ3) is 5.86. The van der Waals surface area contributed by atoms with Crippen LogP contribution in [0.3, 0.4) is 0 Å². The highest BCUT2D eigenvalue weighted by Gasteiger charge is 2.43. The molecule has 1 fully saturated rings. The Balaban J connectivity index is 1.35. The molecule has 1 aromatic heterocycles. The molecule has 1 heterocycles. The Labute approximate surface area is 182 Å². The van der Waals surface area contributed by atoms with E-state index in [-0.39, 0.29) is 4.75 Å². The quantitative estimate of drug-likeness (QED) is 0.408. The molecule has 2 N–H and O–H groups in total. The second-order valence-corrected chi connectivity index (χ2v) is 9.10. The van der Waals surface area contributed by atoms with Crippen LogP contribution < -0.4 is 10.6 Å². The molecule has 7 heteroatoms. The number of hydrogen-bond acceptors (Lipinski definition) is 4. The lowest BCUT2D eigenvalue weighted by Gasteiger charge is -2.18. The number of hydrogen-bond donors (Lipinski definition) is 2. The van der Waals surface area contributed by atoms with Gasteiger partial charge in [0.05, 0.1) is 13.1 Å². The van der Waals surface area contributed by atoms with Crippen molar-refractivity contribution in [2.24, 2.45) is 4.99 Å². The number of thioether (sulfide) groups is 1. The first kappa shape index (κ1) is 20.5. The number of nitrogens with one attached hydrogen (secondary N) is 2. The van der Waals surface area contributed by atoms with E-state index in [0.29, 0.717) is 6.54 Å². The standard InChI is InChI=1S/C23H28N6S/c1-2-25-22(27-16-23(11-12-23)30-21-9-4-3-5-10-21)26-14-19-7-6-8-20(13-19)15-29-18-24-17-28-29/h3-10,13,17-18H,2,11-12,14-16H2,1H3,(H2,25,26,27). The van der Waals surface area contributed by atoms with Crippen LogP contribution in [0, 0.1) is 0 Å². The lowest BCUT2D eigenvalue weighted by molar-refractivity contribution is 0.684. The Morgan fingerprint density at radius 2 is 1.93 bits per heavy atom. The van der Waals surface area contributed by atoms with Crippen molar-refractivity contribution < 1.29 is 0 Å². The van der Waals surface area contributed by atoms with E-state index >= 15 is 0 Å². The molecule has 3 aromatic rings. The molecule has 30 heavy (non-hydrogen) atoms. The highest BCUT2D eigenvalue weighted by atomic mass is 32.2. The Morgan fingerprint density at radius 1 is 1.10 bits per heavy atom. The van der Waals surface area contributed by atoms with Gasteiger partial charge in [0, 0.05) is 22.7 Å². The maximum atomic E-state index is 4.81. The fourth-order valence-corrected chi connectivity index (χ4v) is 4.52. The van der Waals surface area contributed by atoms with Crippen LogP contribution in [0.5, 0.6) is 0 Å². The monoisotopic (exact) mass is 420 g/mol. The number of nitrogens with zero attached hydrogens (tertiary/aromatic N) is 4. The average Bonchev–Trinajstić information content (AvgIpc) is 3.33. The summed E-state index contributed by atoms with van der Waals surface area (Å²) in [5, 5.41) is 11.1. The predicted molar refractivity (Wildman–Crippen MR) is 123 cm³/mol. The molecule has 0 amide bonds. The molecule has 0 saturated heterocycles. The fraction of sp³-hybridized carbons (Fsp3) is 0.348. The van der Waals surface area contributed by atoms with Gasteiger partial charge >= 0.3 is 0 Å². The van der Waals surface area contributed by atoms with E-state index in [4.69, 9.17) is 4.99 Å². The minimum absolute atomic E-state index is 0.287. The largest absolute Gasteiger partial charge is 0.357 e. The van der Waals surface area contributed by atoms with Gasteiger partial charge in [0.15, 0.2) is 5.96 Å². The van der Waals surface area contributed by atoms with Crippen molar-refractivity contribution in [1.82, 2.24) is 25.4 Å². The van der Waals surface area contributed by atoms with Crippen LogP contribution in [-0.2, 0) is 13.1 Å². The second-order valence-electron chi connectivity index (χ2n) is 7.56. The molecule has 6 nitrogen and oxygen atoms in total. The molecule has 0 spiro atoms. The van der Waals surface area contributed by atoms with Gasteiger partial charge in [-0.3, -0.25) is 0 Å². The second kappa shape index (κ2) is 9.80. The molecule has 0 radical (unpaired) electrons. The van der Waals surface area contributed by atoms with Crippen molar-refractivity contribution in [2.45, 2.75) is 42.5 Å². The number of benzene rings is 2. The smallest absolute Gasteiger partial charge is 0.191 e. The first-order chi connectivity index (χ1) is 14.7. The summed E-state index contributed by atoms with van der Waals surface area (Å²) in [6.07, 6.45) is 5.77. The SMILES string of the molecule is CCNC(=NCc1cccc(Cn2cncn2)c1)NCC1(Sc2ccccc2)CC1. The van der Waals surface area contributed by atoms with Gasteiger partial charge in [0.25, 0.3) is 0 Å². The third-order valence-corrected chi connectivity index (χ3v) is 6.52. The first-order valence-corrected chi connectivity index (χ1v) is 11.2. The number of aromatic nitrogens is 3. The van der Waals surface area contributed by atoms with Crippen LogP contribution >= 0.6 is 11.8 Å². The maximum Gasteiger partial charge on any atom is 0.191 e. The molecule has 1 saturated carbocycles. The predicted octanol–water partition coefficient (Wildman–Crippen LogP) is 3.71.